The topological polar surface area (TPSA) is 12.5 Å². The fraction of sp³-hybridized carbons (Fsp3) is 0.882. The third-order valence-electron chi connectivity index (χ3n) is 3.36. The molecule has 1 saturated heterocycles. The van der Waals surface area contributed by atoms with Gasteiger partial charge in [-0.3, -0.25) is 0 Å². The van der Waals surface area contributed by atoms with Crippen LogP contribution >= 0.6 is 0 Å². The molecular formula is C17H36O. The average Bonchev–Trinajstić information content (AvgIpc) is 3.22. The molecule has 18 heavy (non-hydrogen) atoms. The quantitative estimate of drug-likeness (QED) is 0.424. The zero-order valence-corrected chi connectivity index (χ0v) is 14.0. The van der Waals surface area contributed by atoms with Crippen molar-refractivity contribution >= 4 is 0 Å². The summed E-state index contributed by atoms with van der Waals surface area (Å²) in [4.78, 5) is 0. The molecule has 0 aromatic rings. The van der Waals surface area contributed by atoms with Crippen molar-refractivity contribution in [1.82, 2.24) is 0 Å². The van der Waals surface area contributed by atoms with Crippen molar-refractivity contribution in [3.63, 3.8) is 0 Å². The highest BCUT2D eigenvalue weighted by Gasteiger charge is 2.27. The molecule has 1 aliphatic carbocycles. The summed E-state index contributed by atoms with van der Waals surface area (Å²) in [5, 5.41) is 0. The molecule has 0 amide bonds. The summed E-state index contributed by atoms with van der Waals surface area (Å²) in [7, 11) is 0. The lowest BCUT2D eigenvalue weighted by atomic mass is 10.4. The summed E-state index contributed by atoms with van der Waals surface area (Å²) in [6, 6.07) is 0. The number of hydrogen-bond donors (Lipinski definition) is 0. The van der Waals surface area contributed by atoms with E-state index < -0.39 is 0 Å². The molecule has 110 valence electrons. The van der Waals surface area contributed by atoms with Gasteiger partial charge in [0, 0.05) is 0 Å². The van der Waals surface area contributed by atoms with E-state index in [-0.39, 0.29) is 0 Å². The lowest BCUT2D eigenvalue weighted by Gasteiger charge is -1.68. The van der Waals surface area contributed by atoms with Crippen LogP contribution in [0, 0.1) is 11.8 Å². The molecular weight excluding hydrogens is 220 g/mol. The number of epoxide rings is 1. The zero-order valence-electron chi connectivity index (χ0n) is 14.0. The molecule has 2 aliphatic rings. The highest BCUT2D eigenvalue weighted by molar-refractivity contribution is 4.76. The second kappa shape index (κ2) is 13.1. The summed E-state index contributed by atoms with van der Waals surface area (Å²) < 4.78 is 4.92. The first-order valence-electron chi connectivity index (χ1n) is 7.67. The summed E-state index contributed by atoms with van der Waals surface area (Å²) in [6.07, 6.45) is 9.21. The van der Waals surface area contributed by atoms with E-state index in [0.717, 1.165) is 11.8 Å². The van der Waals surface area contributed by atoms with Crippen LogP contribution in [-0.2, 0) is 4.74 Å². The van der Waals surface area contributed by atoms with Gasteiger partial charge in [0.1, 0.15) is 0 Å². The van der Waals surface area contributed by atoms with Gasteiger partial charge in [0.05, 0.1) is 12.2 Å². The standard InChI is InChI=1S/C5H10.C4H8O.C4H10.C4H8/c1-4-3-5(4)2;1-3-4(2)5-3;2*1-3-4-2/h4-5H,3H2,1-2H3;3-4H,1-2H3;3-4H2,1-2H3;3-4H,1-2H3/b;;;4-3-. The second-order valence-corrected chi connectivity index (χ2v) is 5.40. The van der Waals surface area contributed by atoms with Gasteiger partial charge in [-0.05, 0) is 46.0 Å². The lowest BCUT2D eigenvalue weighted by Crippen LogP contribution is -1.74. The Morgan fingerprint density at radius 2 is 1.06 bits per heavy atom. The van der Waals surface area contributed by atoms with Crippen LogP contribution in [0.25, 0.3) is 0 Å². The lowest BCUT2D eigenvalue weighted by molar-refractivity contribution is 0.389. The van der Waals surface area contributed by atoms with Gasteiger partial charge in [-0.25, -0.2) is 0 Å². The van der Waals surface area contributed by atoms with E-state index in [1.807, 2.05) is 26.0 Å². The largest absolute Gasteiger partial charge is 0.370 e. The van der Waals surface area contributed by atoms with Crippen LogP contribution in [0.3, 0.4) is 0 Å². The van der Waals surface area contributed by atoms with E-state index in [2.05, 4.69) is 41.5 Å². The fourth-order valence-corrected chi connectivity index (χ4v) is 0.801. The molecule has 4 unspecified atom stereocenters. The van der Waals surface area contributed by atoms with E-state index in [9.17, 15) is 0 Å². The van der Waals surface area contributed by atoms with Gasteiger partial charge >= 0.3 is 0 Å². The maximum Gasteiger partial charge on any atom is 0.0811 e. The highest BCUT2D eigenvalue weighted by Crippen LogP contribution is 2.36. The van der Waals surface area contributed by atoms with Gasteiger partial charge in [0.15, 0.2) is 0 Å². The van der Waals surface area contributed by atoms with Crippen LogP contribution in [0.1, 0.15) is 74.7 Å². The zero-order chi connectivity index (χ0) is 14.6. The van der Waals surface area contributed by atoms with Crippen LogP contribution in [0.4, 0.5) is 0 Å². The molecule has 1 nitrogen and oxygen atoms in total. The second-order valence-electron chi connectivity index (χ2n) is 5.40. The molecule has 1 aliphatic heterocycles. The molecule has 0 aromatic carbocycles. The molecule has 2 fully saturated rings. The van der Waals surface area contributed by atoms with Crippen molar-refractivity contribution in [2.24, 2.45) is 11.8 Å². The van der Waals surface area contributed by atoms with Crippen LogP contribution in [0.5, 0.6) is 0 Å². The molecule has 0 radical (unpaired) electrons. The molecule has 1 heteroatoms. The fourth-order valence-electron chi connectivity index (χ4n) is 0.801. The first-order valence-corrected chi connectivity index (χ1v) is 7.67. The van der Waals surface area contributed by atoms with Crippen molar-refractivity contribution in [2.45, 2.75) is 86.9 Å². The summed E-state index contributed by atoms with van der Waals surface area (Å²) in [6.45, 7) is 17.1. The molecule has 4 atom stereocenters. The number of rotatable bonds is 1. The molecule has 2 rings (SSSR count). The van der Waals surface area contributed by atoms with E-state index in [1.54, 1.807) is 0 Å². The Hall–Kier alpha value is -0.300. The Morgan fingerprint density at radius 1 is 0.833 bits per heavy atom. The molecule has 0 aromatic heterocycles. The molecule has 0 spiro atoms. The molecule has 0 N–H and O–H groups in total. The minimum Gasteiger partial charge on any atom is -0.370 e. The summed E-state index contributed by atoms with van der Waals surface area (Å²) in [5.41, 5.74) is 0. The Bertz CT molecular complexity index is 154. The first-order chi connectivity index (χ1) is 8.44. The number of ether oxygens (including phenoxy) is 1. The van der Waals surface area contributed by atoms with Crippen molar-refractivity contribution in [3.8, 4) is 0 Å². The number of hydrogen-bond acceptors (Lipinski definition) is 1. The van der Waals surface area contributed by atoms with Crippen LogP contribution in [0.15, 0.2) is 12.2 Å². The van der Waals surface area contributed by atoms with Gasteiger partial charge in [-0.2, -0.15) is 0 Å². The van der Waals surface area contributed by atoms with E-state index in [4.69, 9.17) is 4.74 Å². The third kappa shape index (κ3) is 18.1. The SMILES string of the molecule is C/C=C\C.CC1CC1C.CC1OC1C.CCCC. The molecule has 1 heterocycles. The average molecular weight is 256 g/mol. The van der Waals surface area contributed by atoms with Crippen molar-refractivity contribution in [2.75, 3.05) is 0 Å². The van der Waals surface area contributed by atoms with Gasteiger partial charge in [-0.15, -0.1) is 0 Å². The third-order valence-corrected chi connectivity index (χ3v) is 3.36. The maximum atomic E-state index is 4.92. The van der Waals surface area contributed by atoms with Gasteiger partial charge < -0.3 is 4.74 Å². The Kier molecular flexibility index (Phi) is 14.6. The first kappa shape index (κ1) is 20.0. The minimum absolute atomic E-state index is 0.551. The van der Waals surface area contributed by atoms with Crippen LogP contribution in [0.2, 0.25) is 0 Å². The Balaban J connectivity index is 0. The number of allylic oxidation sites excluding steroid dienone is 2. The normalized spacial score (nSPS) is 31.1. The highest BCUT2D eigenvalue weighted by atomic mass is 16.6. The van der Waals surface area contributed by atoms with Gasteiger partial charge in [0.25, 0.3) is 0 Å². The van der Waals surface area contributed by atoms with Gasteiger partial charge in [-0.1, -0.05) is 52.7 Å². The van der Waals surface area contributed by atoms with Crippen molar-refractivity contribution in [3.05, 3.63) is 12.2 Å². The van der Waals surface area contributed by atoms with E-state index in [0.29, 0.717) is 12.2 Å². The van der Waals surface area contributed by atoms with Gasteiger partial charge in [0.2, 0.25) is 0 Å². The Labute approximate surface area is 116 Å². The van der Waals surface area contributed by atoms with E-state index in [1.165, 1.54) is 19.3 Å². The summed E-state index contributed by atoms with van der Waals surface area (Å²) >= 11 is 0. The predicted molar refractivity (Wildman–Crippen MR) is 84.0 cm³/mol. The molecule has 1 saturated carbocycles. The summed E-state index contributed by atoms with van der Waals surface area (Å²) in [5.74, 6) is 2.10. The van der Waals surface area contributed by atoms with Crippen LogP contribution < -0.4 is 0 Å². The van der Waals surface area contributed by atoms with Crippen molar-refractivity contribution in [1.29, 1.82) is 0 Å². The monoisotopic (exact) mass is 256 g/mol. The Morgan fingerprint density at radius 3 is 1.06 bits per heavy atom. The molecule has 0 bridgehead atoms. The minimum atomic E-state index is 0.551. The number of unbranched alkanes of at least 4 members (excludes halogenated alkanes) is 1. The van der Waals surface area contributed by atoms with Crippen LogP contribution in [-0.4, -0.2) is 12.2 Å². The van der Waals surface area contributed by atoms with Crippen molar-refractivity contribution < 1.29 is 4.74 Å². The maximum absolute atomic E-state index is 4.92. The predicted octanol–water partition coefficient (Wildman–Crippen LogP) is 5.84. The smallest absolute Gasteiger partial charge is 0.0811 e. The van der Waals surface area contributed by atoms with E-state index >= 15 is 0 Å².